The van der Waals surface area contributed by atoms with Crippen molar-refractivity contribution < 1.29 is 10.2 Å². The average Bonchev–Trinajstić information content (AvgIpc) is 2.32. The van der Waals surface area contributed by atoms with Gasteiger partial charge in [0.2, 0.25) is 0 Å². The van der Waals surface area contributed by atoms with Crippen molar-refractivity contribution in [3.63, 3.8) is 0 Å². The SMILES string of the molecule is CC(Nc1cnc(Cl)c(Br)c1)c1cc(O)cc(O)c1. The summed E-state index contributed by atoms with van der Waals surface area (Å²) >= 11 is 9.12. The molecule has 2 aromatic rings. The predicted molar refractivity (Wildman–Crippen MR) is 78.8 cm³/mol. The fourth-order valence-corrected chi connectivity index (χ4v) is 2.15. The van der Waals surface area contributed by atoms with Crippen molar-refractivity contribution in [1.82, 2.24) is 4.98 Å². The van der Waals surface area contributed by atoms with Crippen molar-refractivity contribution in [2.24, 2.45) is 0 Å². The number of phenols is 2. The quantitative estimate of drug-likeness (QED) is 0.735. The van der Waals surface area contributed by atoms with Crippen LogP contribution in [0, 0.1) is 0 Å². The van der Waals surface area contributed by atoms with Gasteiger partial charge in [-0.3, -0.25) is 0 Å². The number of phenolic OH excluding ortho intramolecular Hbond substituents is 2. The maximum atomic E-state index is 9.46. The van der Waals surface area contributed by atoms with E-state index in [0.29, 0.717) is 9.63 Å². The summed E-state index contributed by atoms with van der Waals surface area (Å²) in [6.07, 6.45) is 1.62. The molecule has 1 atom stereocenters. The zero-order chi connectivity index (χ0) is 14.0. The molecule has 0 amide bonds. The lowest BCUT2D eigenvalue weighted by atomic mass is 10.1. The van der Waals surface area contributed by atoms with Crippen LogP contribution in [0.5, 0.6) is 11.5 Å². The minimum absolute atomic E-state index is 0.0269. The average molecular weight is 344 g/mol. The van der Waals surface area contributed by atoms with Crippen molar-refractivity contribution >= 4 is 33.2 Å². The Morgan fingerprint density at radius 2 is 1.84 bits per heavy atom. The van der Waals surface area contributed by atoms with Gasteiger partial charge in [-0.25, -0.2) is 4.98 Å². The summed E-state index contributed by atoms with van der Waals surface area (Å²) in [6, 6.07) is 6.18. The highest BCUT2D eigenvalue weighted by Gasteiger charge is 2.09. The first-order chi connectivity index (χ1) is 8.95. The summed E-state index contributed by atoms with van der Waals surface area (Å²) < 4.78 is 0.699. The van der Waals surface area contributed by atoms with Gasteiger partial charge in [-0.1, -0.05) is 11.6 Å². The highest BCUT2D eigenvalue weighted by Crippen LogP contribution is 2.28. The number of aromatic nitrogens is 1. The summed E-state index contributed by atoms with van der Waals surface area (Å²) in [5.41, 5.74) is 1.55. The molecule has 6 heteroatoms. The van der Waals surface area contributed by atoms with Crippen LogP contribution in [-0.2, 0) is 0 Å². The van der Waals surface area contributed by atoms with E-state index in [9.17, 15) is 10.2 Å². The van der Waals surface area contributed by atoms with Crippen molar-refractivity contribution in [2.75, 3.05) is 5.32 Å². The third-order valence-corrected chi connectivity index (χ3v) is 3.74. The number of anilines is 1. The molecule has 0 aliphatic heterocycles. The van der Waals surface area contributed by atoms with E-state index in [2.05, 4.69) is 26.2 Å². The van der Waals surface area contributed by atoms with Gasteiger partial charge in [-0.15, -0.1) is 0 Å². The van der Waals surface area contributed by atoms with E-state index in [1.165, 1.54) is 6.07 Å². The van der Waals surface area contributed by atoms with Gasteiger partial charge in [0.25, 0.3) is 0 Å². The zero-order valence-electron chi connectivity index (χ0n) is 10.1. The molecule has 1 aromatic carbocycles. The van der Waals surface area contributed by atoms with Crippen LogP contribution < -0.4 is 5.32 Å². The Labute approximate surface area is 124 Å². The van der Waals surface area contributed by atoms with Gasteiger partial charge in [-0.2, -0.15) is 0 Å². The molecule has 100 valence electrons. The van der Waals surface area contributed by atoms with Crippen molar-refractivity contribution in [3.8, 4) is 11.5 Å². The molecule has 4 nitrogen and oxygen atoms in total. The molecule has 1 unspecified atom stereocenters. The Morgan fingerprint density at radius 1 is 1.21 bits per heavy atom. The van der Waals surface area contributed by atoms with E-state index in [4.69, 9.17) is 11.6 Å². The number of nitrogens with one attached hydrogen (secondary N) is 1. The number of nitrogens with zero attached hydrogens (tertiary/aromatic N) is 1. The van der Waals surface area contributed by atoms with Gasteiger partial charge in [0, 0.05) is 12.1 Å². The first-order valence-electron chi connectivity index (χ1n) is 5.56. The lowest BCUT2D eigenvalue weighted by molar-refractivity contribution is 0.448. The second-order valence-electron chi connectivity index (χ2n) is 4.15. The second kappa shape index (κ2) is 5.67. The van der Waals surface area contributed by atoms with E-state index in [1.807, 2.05) is 13.0 Å². The zero-order valence-corrected chi connectivity index (χ0v) is 12.4. The summed E-state index contributed by atoms with van der Waals surface area (Å²) in [5.74, 6) is 0.0538. The molecule has 0 saturated carbocycles. The molecule has 0 saturated heterocycles. The Hall–Kier alpha value is -1.46. The molecular formula is C13H12BrClN2O2. The van der Waals surface area contributed by atoms with Crippen LogP contribution in [0.25, 0.3) is 0 Å². The van der Waals surface area contributed by atoms with Gasteiger partial charge in [-0.05, 0) is 46.6 Å². The number of rotatable bonds is 3. The van der Waals surface area contributed by atoms with E-state index >= 15 is 0 Å². The number of pyridine rings is 1. The Balaban J connectivity index is 2.20. The van der Waals surface area contributed by atoms with Crippen LogP contribution in [0.2, 0.25) is 5.15 Å². The maximum Gasteiger partial charge on any atom is 0.143 e. The standard InChI is InChI=1S/C13H12BrClN2O2/c1-7(8-2-10(18)5-11(19)3-8)17-9-4-12(14)13(15)16-6-9/h2-7,17-19H,1H3. The predicted octanol–water partition coefficient (Wildman–Crippen LogP) is 4.08. The second-order valence-corrected chi connectivity index (χ2v) is 5.36. The minimum atomic E-state index is -0.104. The van der Waals surface area contributed by atoms with Crippen LogP contribution >= 0.6 is 27.5 Å². The Bertz CT molecular complexity index is 587. The van der Waals surface area contributed by atoms with E-state index in [-0.39, 0.29) is 17.5 Å². The topological polar surface area (TPSA) is 65.4 Å². The van der Waals surface area contributed by atoms with Crippen LogP contribution in [-0.4, -0.2) is 15.2 Å². The van der Waals surface area contributed by atoms with Gasteiger partial charge in [0.1, 0.15) is 16.7 Å². The van der Waals surface area contributed by atoms with Crippen molar-refractivity contribution in [3.05, 3.63) is 45.7 Å². The normalized spacial score (nSPS) is 12.2. The largest absolute Gasteiger partial charge is 0.508 e. The van der Waals surface area contributed by atoms with Gasteiger partial charge in [0.15, 0.2) is 0 Å². The first kappa shape index (κ1) is 14.0. The Kier molecular flexibility index (Phi) is 4.17. The number of hydrogen-bond acceptors (Lipinski definition) is 4. The number of hydrogen-bond donors (Lipinski definition) is 3. The maximum absolute atomic E-state index is 9.46. The molecule has 0 bridgehead atoms. The number of benzene rings is 1. The molecule has 0 aliphatic rings. The fraction of sp³-hybridized carbons (Fsp3) is 0.154. The van der Waals surface area contributed by atoms with E-state index in [1.54, 1.807) is 18.3 Å². The summed E-state index contributed by atoms with van der Waals surface area (Å²) in [6.45, 7) is 1.91. The highest BCUT2D eigenvalue weighted by molar-refractivity contribution is 9.10. The van der Waals surface area contributed by atoms with Crippen LogP contribution in [0.15, 0.2) is 34.9 Å². The van der Waals surface area contributed by atoms with Crippen LogP contribution in [0.4, 0.5) is 5.69 Å². The molecule has 0 radical (unpaired) electrons. The molecule has 0 fully saturated rings. The summed E-state index contributed by atoms with van der Waals surface area (Å²) in [4.78, 5) is 4.02. The smallest absolute Gasteiger partial charge is 0.143 e. The van der Waals surface area contributed by atoms with Crippen LogP contribution in [0.3, 0.4) is 0 Å². The molecule has 2 rings (SSSR count). The molecule has 1 heterocycles. The van der Waals surface area contributed by atoms with E-state index < -0.39 is 0 Å². The third kappa shape index (κ3) is 3.52. The molecular weight excluding hydrogens is 332 g/mol. The molecule has 1 aromatic heterocycles. The van der Waals surface area contributed by atoms with Crippen molar-refractivity contribution in [1.29, 1.82) is 0 Å². The number of halogens is 2. The molecule has 19 heavy (non-hydrogen) atoms. The van der Waals surface area contributed by atoms with Gasteiger partial charge in [0.05, 0.1) is 16.4 Å². The third-order valence-electron chi connectivity index (χ3n) is 2.60. The van der Waals surface area contributed by atoms with Gasteiger partial charge >= 0.3 is 0 Å². The summed E-state index contributed by atoms with van der Waals surface area (Å²) in [5, 5.41) is 22.5. The summed E-state index contributed by atoms with van der Waals surface area (Å²) in [7, 11) is 0. The Morgan fingerprint density at radius 3 is 2.42 bits per heavy atom. The fourth-order valence-electron chi connectivity index (χ4n) is 1.70. The first-order valence-corrected chi connectivity index (χ1v) is 6.73. The molecule has 3 N–H and O–H groups in total. The lowest BCUT2D eigenvalue weighted by Crippen LogP contribution is -2.06. The van der Waals surface area contributed by atoms with Crippen molar-refractivity contribution in [2.45, 2.75) is 13.0 Å². The number of aromatic hydroxyl groups is 2. The molecule has 0 aliphatic carbocycles. The monoisotopic (exact) mass is 342 g/mol. The highest BCUT2D eigenvalue weighted by atomic mass is 79.9. The lowest BCUT2D eigenvalue weighted by Gasteiger charge is -2.16. The van der Waals surface area contributed by atoms with E-state index in [0.717, 1.165) is 11.3 Å². The van der Waals surface area contributed by atoms with Crippen LogP contribution in [0.1, 0.15) is 18.5 Å². The van der Waals surface area contributed by atoms with Gasteiger partial charge < -0.3 is 15.5 Å². The molecule has 0 spiro atoms. The minimum Gasteiger partial charge on any atom is -0.508 e.